The number of allylic oxidation sites excluding steroid dienone is 4. The lowest BCUT2D eigenvalue weighted by Crippen LogP contribution is -2.07. The fraction of sp³-hybridized carbons (Fsp3) is 0.444. The molecule has 0 amide bonds. The molecule has 1 rings (SSSR count). The summed E-state index contributed by atoms with van der Waals surface area (Å²) in [4.78, 5) is 10.8. The van der Waals surface area contributed by atoms with Gasteiger partial charge in [-0.05, 0) is 25.0 Å². The molecule has 1 atom stereocenters. The SMILES string of the molecule is CC(=O)C1=CC=C(F)C(C)C1. The van der Waals surface area contributed by atoms with Crippen molar-refractivity contribution < 1.29 is 9.18 Å². The predicted octanol–water partition coefficient (Wildman–Crippen LogP) is 2.40. The first-order valence-corrected chi connectivity index (χ1v) is 3.68. The van der Waals surface area contributed by atoms with Crippen LogP contribution in [0.5, 0.6) is 0 Å². The maximum absolute atomic E-state index is 12.7. The maximum Gasteiger partial charge on any atom is 0.155 e. The Labute approximate surface area is 65.6 Å². The van der Waals surface area contributed by atoms with Crippen LogP contribution in [0.3, 0.4) is 0 Å². The number of hydrogen-bond acceptors (Lipinski definition) is 1. The van der Waals surface area contributed by atoms with Gasteiger partial charge in [0, 0.05) is 5.92 Å². The van der Waals surface area contributed by atoms with Gasteiger partial charge < -0.3 is 0 Å². The summed E-state index contributed by atoms with van der Waals surface area (Å²) in [6, 6.07) is 0. The topological polar surface area (TPSA) is 17.1 Å². The van der Waals surface area contributed by atoms with Gasteiger partial charge in [0.1, 0.15) is 5.83 Å². The normalized spacial score (nSPS) is 24.1. The van der Waals surface area contributed by atoms with E-state index in [1.54, 1.807) is 13.0 Å². The van der Waals surface area contributed by atoms with Gasteiger partial charge in [0.05, 0.1) is 0 Å². The number of ketones is 1. The monoisotopic (exact) mass is 154 g/mol. The Morgan fingerprint density at radius 2 is 2.27 bits per heavy atom. The molecule has 0 N–H and O–H groups in total. The van der Waals surface area contributed by atoms with E-state index in [2.05, 4.69) is 0 Å². The van der Waals surface area contributed by atoms with Crippen LogP contribution in [0.25, 0.3) is 0 Å². The Morgan fingerprint density at radius 3 is 2.73 bits per heavy atom. The van der Waals surface area contributed by atoms with Gasteiger partial charge in [0.2, 0.25) is 0 Å². The fourth-order valence-corrected chi connectivity index (χ4v) is 1.10. The van der Waals surface area contributed by atoms with Crippen LogP contribution in [0.1, 0.15) is 20.3 Å². The Hall–Kier alpha value is -0.920. The highest BCUT2D eigenvalue weighted by Gasteiger charge is 2.16. The van der Waals surface area contributed by atoms with Gasteiger partial charge in [0.15, 0.2) is 5.78 Å². The third-order valence-electron chi connectivity index (χ3n) is 1.89. The van der Waals surface area contributed by atoms with Crippen LogP contribution < -0.4 is 0 Å². The summed E-state index contributed by atoms with van der Waals surface area (Å²) in [5.41, 5.74) is 0.721. The molecule has 2 heteroatoms. The fourth-order valence-electron chi connectivity index (χ4n) is 1.10. The lowest BCUT2D eigenvalue weighted by Gasteiger charge is -2.13. The zero-order valence-electron chi connectivity index (χ0n) is 6.73. The first-order chi connectivity index (χ1) is 5.11. The van der Waals surface area contributed by atoms with Crippen molar-refractivity contribution in [3.63, 3.8) is 0 Å². The van der Waals surface area contributed by atoms with Crippen molar-refractivity contribution in [2.75, 3.05) is 0 Å². The third kappa shape index (κ3) is 1.76. The Balaban J connectivity index is 2.82. The summed E-state index contributed by atoms with van der Waals surface area (Å²) in [6.07, 6.45) is 3.49. The molecular formula is C9H11FO. The van der Waals surface area contributed by atoms with Crippen molar-refractivity contribution >= 4 is 5.78 Å². The maximum atomic E-state index is 12.7. The number of Topliss-reactive ketones (excluding diaryl/α,β-unsaturated/α-hetero) is 1. The summed E-state index contributed by atoms with van der Waals surface area (Å²) < 4.78 is 12.7. The molecule has 0 fully saturated rings. The van der Waals surface area contributed by atoms with Crippen molar-refractivity contribution in [2.45, 2.75) is 20.3 Å². The van der Waals surface area contributed by atoms with E-state index in [0.29, 0.717) is 6.42 Å². The summed E-state index contributed by atoms with van der Waals surface area (Å²) in [5.74, 6) is -0.213. The lowest BCUT2D eigenvalue weighted by molar-refractivity contribution is -0.113. The molecule has 1 aliphatic carbocycles. The van der Waals surface area contributed by atoms with Crippen molar-refractivity contribution in [1.82, 2.24) is 0 Å². The number of carbonyl (C=O) groups is 1. The zero-order chi connectivity index (χ0) is 8.43. The first kappa shape index (κ1) is 8.18. The van der Waals surface area contributed by atoms with E-state index < -0.39 is 0 Å². The molecule has 60 valence electrons. The number of hydrogen-bond donors (Lipinski definition) is 0. The van der Waals surface area contributed by atoms with Gasteiger partial charge in [-0.15, -0.1) is 0 Å². The molecule has 0 saturated heterocycles. The molecule has 0 aromatic carbocycles. The quantitative estimate of drug-likeness (QED) is 0.566. The molecule has 1 unspecified atom stereocenters. The molecule has 0 spiro atoms. The first-order valence-electron chi connectivity index (χ1n) is 3.68. The minimum atomic E-state index is -0.130. The molecule has 0 aliphatic heterocycles. The molecule has 0 saturated carbocycles. The summed E-state index contributed by atoms with van der Waals surface area (Å²) >= 11 is 0. The highest BCUT2D eigenvalue weighted by molar-refractivity contribution is 5.93. The second kappa shape index (κ2) is 2.99. The number of halogens is 1. The minimum Gasteiger partial charge on any atom is -0.295 e. The Bertz CT molecular complexity index is 238. The summed E-state index contributed by atoms with van der Waals surface area (Å²) in [5, 5.41) is 0. The second-order valence-corrected chi connectivity index (χ2v) is 2.90. The van der Waals surface area contributed by atoms with E-state index in [4.69, 9.17) is 0 Å². The Morgan fingerprint density at radius 1 is 1.64 bits per heavy atom. The molecular weight excluding hydrogens is 143 g/mol. The van der Waals surface area contributed by atoms with E-state index in [0.717, 1.165) is 5.57 Å². The summed E-state index contributed by atoms with van der Waals surface area (Å²) in [6.45, 7) is 3.29. The van der Waals surface area contributed by atoms with Crippen LogP contribution >= 0.6 is 0 Å². The minimum absolute atomic E-state index is 0.0422. The lowest BCUT2D eigenvalue weighted by atomic mass is 9.93. The van der Waals surface area contributed by atoms with Crippen molar-refractivity contribution in [2.24, 2.45) is 5.92 Å². The zero-order valence-corrected chi connectivity index (χ0v) is 6.73. The molecule has 11 heavy (non-hydrogen) atoms. The van der Waals surface area contributed by atoms with Gasteiger partial charge >= 0.3 is 0 Å². The molecule has 1 aliphatic rings. The molecule has 0 aromatic rings. The smallest absolute Gasteiger partial charge is 0.155 e. The second-order valence-electron chi connectivity index (χ2n) is 2.90. The van der Waals surface area contributed by atoms with Crippen molar-refractivity contribution in [1.29, 1.82) is 0 Å². The van der Waals surface area contributed by atoms with Crippen LogP contribution in [-0.2, 0) is 4.79 Å². The van der Waals surface area contributed by atoms with E-state index in [9.17, 15) is 9.18 Å². The van der Waals surface area contributed by atoms with Gasteiger partial charge in [-0.1, -0.05) is 13.0 Å². The van der Waals surface area contributed by atoms with Crippen LogP contribution in [0.15, 0.2) is 23.6 Å². The third-order valence-corrected chi connectivity index (χ3v) is 1.89. The predicted molar refractivity (Wildman–Crippen MR) is 41.7 cm³/mol. The largest absolute Gasteiger partial charge is 0.295 e. The summed E-state index contributed by atoms with van der Waals surface area (Å²) in [7, 11) is 0. The van der Waals surface area contributed by atoms with Crippen LogP contribution in [-0.4, -0.2) is 5.78 Å². The van der Waals surface area contributed by atoms with Crippen LogP contribution in [0.4, 0.5) is 4.39 Å². The molecule has 0 aromatic heterocycles. The Kier molecular flexibility index (Phi) is 2.22. The number of carbonyl (C=O) groups excluding carboxylic acids is 1. The highest BCUT2D eigenvalue weighted by atomic mass is 19.1. The number of rotatable bonds is 1. The van der Waals surface area contributed by atoms with Crippen LogP contribution in [0.2, 0.25) is 0 Å². The standard InChI is InChI=1S/C9H11FO/c1-6-5-8(7(2)11)3-4-9(6)10/h3-4,6H,5H2,1-2H3. The molecule has 0 heterocycles. The van der Waals surface area contributed by atoms with E-state index in [-0.39, 0.29) is 17.5 Å². The molecule has 1 nitrogen and oxygen atoms in total. The van der Waals surface area contributed by atoms with E-state index in [1.165, 1.54) is 13.0 Å². The molecule has 0 bridgehead atoms. The van der Waals surface area contributed by atoms with E-state index >= 15 is 0 Å². The van der Waals surface area contributed by atoms with Crippen molar-refractivity contribution in [3.8, 4) is 0 Å². The highest BCUT2D eigenvalue weighted by Crippen LogP contribution is 2.25. The van der Waals surface area contributed by atoms with Gasteiger partial charge in [0.25, 0.3) is 0 Å². The van der Waals surface area contributed by atoms with Crippen molar-refractivity contribution in [3.05, 3.63) is 23.6 Å². The average molecular weight is 154 g/mol. The average Bonchev–Trinajstić information content (AvgIpc) is 1.94. The molecule has 0 radical (unpaired) electrons. The van der Waals surface area contributed by atoms with Gasteiger partial charge in [-0.25, -0.2) is 4.39 Å². The van der Waals surface area contributed by atoms with E-state index in [1.807, 2.05) is 0 Å². The van der Waals surface area contributed by atoms with Crippen LogP contribution in [0, 0.1) is 5.92 Å². The van der Waals surface area contributed by atoms with Gasteiger partial charge in [-0.2, -0.15) is 0 Å². The van der Waals surface area contributed by atoms with Gasteiger partial charge in [-0.3, -0.25) is 4.79 Å².